The highest BCUT2D eigenvalue weighted by Gasteiger charge is 2.21. The number of carbonyl (C=O) groups is 1. The van der Waals surface area contributed by atoms with Crippen molar-refractivity contribution in [2.24, 2.45) is 0 Å². The van der Waals surface area contributed by atoms with Crippen LogP contribution >= 0.6 is 0 Å². The van der Waals surface area contributed by atoms with Crippen LogP contribution in [0, 0.1) is 13.8 Å². The van der Waals surface area contributed by atoms with Crippen molar-refractivity contribution in [2.45, 2.75) is 31.7 Å². The number of amides is 1. The van der Waals surface area contributed by atoms with Gasteiger partial charge in [-0.2, -0.15) is 0 Å². The number of sulfonamides is 1. The number of benzene rings is 3. The normalized spacial score (nSPS) is 15.1. The molecule has 0 aromatic heterocycles. The van der Waals surface area contributed by atoms with Gasteiger partial charge in [0.2, 0.25) is 0 Å². The highest BCUT2D eigenvalue weighted by molar-refractivity contribution is 7.92. The van der Waals surface area contributed by atoms with Crippen LogP contribution in [0.4, 0.5) is 5.69 Å². The molecule has 1 N–H and O–H groups in total. The Morgan fingerprint density at radius 3 is 2.29 bits per heavy atom. The van der Waals surface area contributed by atoms with Gasteiger partial charge < -0.3 is 4.90 Å². The number of hydrogen-bond donors (Lipinski definition) is 1. The minimum Gasteiger partial charge on any atom is -0.337 e. The first-order chi connectivity index (χ1) is 16.3. The van der Waals surface area contributed by atoms with Gasteiger partial charge in [-0.15, -0.1) is 0 Å². The van der Waals surface area contributed by atoms with Crippen molar-refractivity contribution in [3.63, 3.8) is 0 Å². The summed E-state index contributed by atoms with van der Waals surface area (Å²) < 4.78 is 28.2. The van der Waals surface area contributed by atoms with Gasteiger partial charge in [0.25, 0.3) is 15.9 Å². The second-order valence-corrected chi connectivity index (χ2v) is 10.5. The molecular weight excluding hydrogens is 446 g/mol. The molecule has 0 saturated carbocycles. The van der Waals surface area contributed by atoms with Crippen molar-refractivity contribution >= 4 is 21.6 Å². The molecule has 4 rings (SSSR count). The molecule has 0 aliphatic carbocycles. The zero-order chi connectivity index (χ0) is 24.1. The summed E-state index contributed by atoms with van der Waals surface area (Å²) >= 11 is 0. The van der Waals surface area contributed by atoms with Gasteiger partial charge in [0, 0.05) is 44.0 Å². The molecule has 0 spiro atoms. The molecule has 1 aliphatic rings. The molecule has 1 saturated heterocycles. The van der Waals surface area contributed by atoms with Crippen molar-refractivity contribution in [1.82, 2.24) is 9.80 Å². The van der Waals surface area contributed by atoms with E-state index in [4.69, 9.17) is 0 Å². The second-order valence-electron chi connectivity index (χ2n) is 8.84. The minimum atomic E-state index is -3.73. The Balaban J connectivity index is 1.39. The van der Waals surface area contributed by atoms with Crippen LogP contribution in [0.15, 0.2) is 77.7 Å². The van der Waals surface area contributed by atoms with Gasteiger partial charge in [-0.1, -0.05) is 36.4 Å². The Kier molecular flexibility index (Phi) is 7.34. The van der Waals surface area contributed by atoms with Crippen LogP contribution in [-0.4, -0.2) is 50.3 Å². The number of nitrogens with one attached hydrogen (secondary N) is 1. The van der Waals surface area contributed by atoms with E-state index in [9.17, 15) is 13.2 Å². The zero-order valence-corrected chi connectivity index (χ0v) is 20.5. The van der Waals surface area contributed by atoms with Crippen molar-refractivity contribution in [2.75, 3.05) is 30.9 Å². The molecule has 1 amide bonds. The maximum absolute atomic E-state index is 13.1. The summed E-state index contributed by atoms with van der Waals surface area (Å²) in [4.78, 5) is 17.4. The lowest BCUT2D eigenvalue weighted by molar-refractivity contribution is 0.0761. The Morgan fingerprint density at radius 2 is 1.59 bits per heavy atom. The van der Waals surface area contributed by atoms with Gasteiger partial charge >= 0.3 is 0 Å². The lowest BCUT2D eigenvalue weighted by atomic mass is 10.1. The highest BCUT2D eigenvalue weighted by atomic mass is 32.2. The van der Waals surface area contributed by atoms with Crippen LogP contribution in [0.1, 0.15) is 33.5 Å². The molecule has 1 heterocycles. The third kappa shape index (κ3) is 5.85. The number of nitrogens with zero attached hydrogens (tertiary/aromatic N) is 2. The minimum absolute atomic E-state index is 0.0624. The van der Waals surface area contributed by atoms with E-state index in [1.807, 2.05) is 49.1 Å². The largest absolute Gasteiger partial charge is 0.337 e. The zero-order valence-electron chi connectivity index (χ0n) is 19.7. The van der Waals surface area contributed by atoms with Gasteiger partial charge in [0.1, 0.15) is 0 Å². The first kappa shape index (κ1) is 24.0. The fourth-order valence-electron chi connectivity index (χ4n) is 4.15. The molecule has 178 valence electrons. The summed E-state index contributed by atoms with van der Waals surface area (Å²) in [5.41, 5.74) is 4.41. The first-order valence-corrected chi connectivity index (χ1v) is 13.1. The van der Waals surface area contributed by atoms with Gasteiger partial charge in [-0.25, -0.2) is 8.42 Å². The number of rotatable bonds is 6. The van der Waals surface area contributed by atoms with Crippen LogP contribution < -0.4 is 4.72 Å². The van der Waals surface area contributed by atoms with E-state index in [2.05, 4.69) is 21.8 Å². The molecule has 6 nitrogen and oxygen atoms in total. The number of hydrogen-bond acceptors (Lipinski definition) is 4. The van der Waals surface area contributed by atoms with Gasteiger partial charge in [0.15, 0.2) is 0 Å². The average Bonchev–Trinajstić information content (AvgIpc) is 3.07. The summed E-state index contributed by atoms with van der Waals surface area (Å²) in [6, 6.07) is 22.0. The summed E-state index contributed by atoms with van der Waals surface area (Å²) in [5.74, 6) is -0.0624. The molecule has 7 heteroatoms. The van der Waals surface area contributed by atoms with E-state index in [1.54, 1.807) is 18.2 Å². The quantitative estimate of drug-likeness (QED) is 0.569. The Bertz CT molecular complexity index is 1240. The Labute approximate surface area is 202 Å². The van der Waals surface area contributed by atoms with E-state index in [0.717, 1.165) is 37.2 Å². The lowest BCUT2D eigenvalue weighted by Gasteiger charge is -2.22. The third-order valence-electron chi connectivity index (χ3n) is 6.30. The van der Waals surface area contributed by atoms with Crippen LogP contribution in [0.25, 0.3) is 0 Å². The van der Waals surface area contributed by atoms with Crippen molar-refractivity contribution < 1.29 is 13.2 Å². The van der Waals surface area contributed by atoms with E-state index in [1.165, 1.54) is 17.7 Å². The molecule has 0 unspecified atom stereocenters. The molecule has 3 aromatic carbocycles. The molecule has 34 heavy (non-hydrogen) atoms. The van der Waals surface area contributed by atoms with Crippen LogP contribution in [-0.2, 0) is 16.6 Å². The van der Waals surface area contributed by atoms with Crippen molar-refractivity contribution in [1.29, 1.82) is 0 Å². The molecule has 1 fully saturated rings. The molecule has 3 aromatic rings. The Morgan fingerprint density at radius 1 is 0.853 bits per heavy atom. The van der Waals surface area contributed by atoms with Crippen LogP contribution in [0.5, 0.6) is 0 Å². The lowest BCUT2D eigenvalue weighted by Crippen LogP contribution is -2.35. The highest BCUT2D eigenvalue weighted by Crippen LogP contribution is 2.20. The van der Waals surface area contributed by atoms with Crippen LogP contribution in [0.3, 0.4) is 0 Å². The van der Waals surface area contributed by atoms with Crippen LogP contribution in [0.2, 0.25) is 0 Å². The maximum atomic E-state index is 13.1. The first-order valence-electron chi connectivity index (χ1n) is 11.6. The number of carbonyl (C=O) groups excluding carboxylic acids is 1. The number of anilines is 1. The van der Waals surface area contributed by atoms with Crippen molar-refractivity contribution in [3.05, 3.63) is 95.1 Å². The summed E-state index contributed by atoms with van der Waals surface area (Å²) in [7, 11) is -3.73. The monoisotopic (exact) mass is 477 g/mol. The Hall–Kier alpha value is -3.16. The van der Waals surface area contributed by atoms with Gasteiger partial charge in [-0.3, -0.25) is 14.4 Å². The van der Waals surface area contributed by atoms with E-state index in [0.29, 0.717) is 24.3 Å². The predicted octanol–water partition coefficient (Wildman–Crippen LogP) is 4.45. The maximum Gasteiger partial charge on any atom is 0.261 e. The predicted molar refractivity (Wildman–Crippen MR) is 135 cm³/mol. The summed E-state index contributed by atoms with van der Waals surface area (Å²) in [6.07, 6.45) is 0.908. The standard InChI is InChI=1S/C27H31N3O3S/c1-21-9-12-25(19-22(21)2)28-34(32,33)26-13-10-24(11-14-26)27(31)30-16-6-15-29(17-18-30)20-23-7-4-3-5-8-23/h3-5,7-14,19,28H,6,15-18,20H2,1-2H3. The third-order valence-corrected chi connectivity index (χ3v) is 7.69. The summed E-state index contributed by atoms with van der Waals surface area (Å²) in [6.45, 7) is 7.90. The SMILES string of the molecule is Cc1ccc(NS(=O)(=O)c2ccc(C(=O)N3CCCN(Cc4ccccc4)CC3)cc2)cc1C. The molecule has 0 bridgehead atoms. The van der Waals surface area contributed by atoms with Crippen molar-refractivity contribution in [3.8, 4) is 0 Å². The molecule has 1 aliphatic heterocycles. The van der Waals surface area contributed by atoms with E-state index >= 15 is 0 Å². The molecule has 0 atom stereocenters. The fraction of sp³-hybridized carbons (Fsp3) is 0.296. The van der Waals surface area contributed by atoms with E-state index in [-0.39, 0.29) is 10.8 Å². The van der Waals surface area contributed by atoms with Gasteiger partial charge in [-0.05, 0) is 73.4 Å². The number of aryl methyl sites for hydroxylation is 2. The summed E-state index contributed by atoms with van der Waals surface area (Å²) in [5, 5.41) is 0. The molecule has 0 radical (unpaired) electrons. The smallest absolute Gasteiger partial charge is 0.261 e. The van der Waals surface area contributed by atoms with Gasteiger partial charge in [0.05, 0.1) is 4.90 Å². The topological polar surface area (TPSA) is 69.7 Å². The molecular formula is C27H31N3O3S. The fourth-order valence-corrected chi connectivity index (χ4v) is 5.20. The van der Waals surface area contributed by atoms with E-state index < -0.39 is 10.0 Å². The average molecular weight is 478 g/mol. The second kappa shape index (κ2) is 10.4.